The van der Waals surface area contributed by atoms with E-state index < -0.39 is 9.84 Å². The van der Waals surface area contributed by atoms with Crippen LogP contribution in [0.1, 0.15) is 16.4 Å². The van der Waals surface area contributed by atoms with Crippen LogP contribution in [0.4, 0.5) is 0 Å². The smallest absolute Gasteiger partial charge is 0.182 e. The minimum atomic E-state index is -3.49. The van der Waals surface area contributed by atoms with E-state index in [1.165, 1.54) is 0 Å². The third-order valence-corrected chi connectivity index (χ3v) is 8.91. The van der Waals surface area contributed by atoms with Crippen LogP contribution in [0.15, 0.2) is 95.2 Å². The molecule has 0 spiro atoms. The quantitative estimate of drug-likeness (QED) is 0.220. The fraction of sp³-hybridized carbons (Fsp3) is 0.125. The van der Waals surface area contributed by atoms with Crippen molar-refractivity contribution >= 4 is 56.4 Å². The molecule has 0 aliphatic rings. The van der Waals surface area contributed by atoms with Gasteiger partial charge in [0.1, 0.15) is 0 Å². The number of imidazole rings is 1. The van der Waals surface area contributed by atoms with E-state index in [4.69, 9.17) is 34.8 Å². The van der Waals surface area contributed by atoms with Crippen molar-refractivity contribution in [3.8, 4) is 0 Å². The van der Waals surface area contributed by atoms with Crippen LogP contribution in [0.3, 0.4) is 0 Å². The first kappa shape index (κ1) is 24.2. The largest absolute Gasteiger partial charge is 0.336 e. The van der Waals surface area contributed by atoms with Crippen LogP contribution < -0.4 is 0 Å². The molecular formula is C24H19Cl3N2O2S2. The van der Waals surface area contributed by atoms with E-state index in [0.29, 0.717) is 27.2 Å². The van der Waals surface area contributed by atoms with Gasteiger partial charge in [0, 0.05) is 28.9 Å². The lowest BCUT2D eigenvalue weighted by molar-refractivity contribution is 0.595. The molecule has 0 aliphatic carbocycles. The maximum absolute atomic E-state index is 12.9. The van der Waals surface area contributed by atoms with Gasteiger partial charge in [-0.25, -0.2) is 13.4 Å². The number of hydrogen-bond donors (Lipinski definition) is 0. The topological polar surface area (TPSA) is 52.0 Å². The van der Waals surface area contributed by atoms with Gasteiger partial charge in [-0.3, -0.25) is 0 Å². The number of benzene rings is 3. The summed E-state index contributed by atoms with van der Waals surface area (Å²) in [5.41, 5.74) is 1.68. The highest BCUT2D eigenvalue weighted by atomic mass is 35.5. The van der Waals surface area contributed by atoms with Gasteiger partial charge in [0.05, 0.1) is 32.3 Å². The van der Waals surface area contributed by atoms with Crippen LogP contribution in [0.5, 0.6) is 0 Å². The Labute approximate surface area is 212 Å². The molecule has 1 unspecified atom stereocenters. The second kappa shape index (κ2) is 10.5. The number of nitrogens with zero attached hydrogens (tertiary/aromatic N) is 2. The van der Waals surface area contributed by atoms with Gasteiger partial charge in [0.2, 0.25) is 0 Å². The fourth-order valence-electron chi connectivity index (χ4n) is 3.28. The number of rotatable bonds is 8. The predicted octanol–water partition coefficient (Wildman–Crippen LogP) is 7.35. The number of aromatic nitrogens is 2. The zero-order chi connectivity index (χ0) is 23.4. The third-order valence-electron chi connectivity index (χ3n) is 4.99. The Hall–Kier alpha value is -1.96. The molecule has 33 heavy (non-hydrogen) atoms. The van der Waals surface area contributed by atoms with Crippen molar-refractivity contribution in [2.75, 3.05) is 0 Å². The van der Waals surface area contributed by atoms with Gasteiger partial charge in [-0.15, -0.1) is 11.8 Å². The number of thioether (sulfide) groups is 1. The molecular weight excluding hydrogens is 519 g/mol. The molecule has 0 radical (unpaired) electrons. The minimum Gasteiger partial charge on any atom is -0.336 e. The van der Waals surface area contributed by atoms with Crippen molar-refractivity contribution in [1.82, 2.24) is 9.55 Å². The Morgan fingerprint density at radius 3 is 2.27 bits per heavy atom. The number of hydrogen-bond acceptors (Lipinski definition) is 4. The SMILES string of the molecule is O=S(=O)(Cc1ccc(Cl)cc1)c1ccc(C(Cn2ccnc2)Sc2ccc(Cl)c(Cl)c2)cc1. The predicted molar refractivity (Wildman–Crippen MR) is 136 cm³/mol. The summed E-state index contributed by atoms with van der Waals surface area (Å²) in [5, 5.41) is 1.57. The minimum absolute atomic E-state index is 0.00413. The molecule has 0 bridgehead atoms. The molecule has 4 nitrogen and oxygen atoms in total. The van der Waals surface area contributed by atoms with Crippen LogP contribution >= 0.6 is 46.6 Å². The third kappa shape index (κ3) is 6.34. The summed E-state index contributed by atoms with van der Waals surface area (Å²) in [6.07, 6.45) is 5.38. The van der Waals surface area contributed by atoms with Crippen LogP contribution in [-0.2, 0) is 22.1 Å². The van der Waals surface area contributed by atoms with E-state index in [1.807, 2.05) is 35.0 Å². The molecule has 0 fully saturated rings. The molecule has 0 saturated carbocycles. The van der Waals surface area contributed by atoms with Gasteiger partial charge in [0.25, 0.3) is 0 Å². The summed E-state index contributed by atoms with van der Waals surface area (Å²) in [5.74, 6) is -0.0833. The molecule has 0 amide bonds. The maximum Gasteiger partial charge on any atom is 0.182 e. The van der Waals surface area contributed by atoms with E-state index >= 15 is 0 Å². The first-order chi connectivity index (χ1) is 15.8. The molecule has 0 aliphatic heterocycles. The summed E-state index contributed by atoms with van der Waals surface area (Å²) >= 11 is 19.8. The molecule has 0 saturated heterocycles. The van der Waals surface area contributed by atoms with Crippen LogP contribution in [0.2, 0.25) is 15.1 Å². The highest BCUT2D eigenvalue weighted by molar-refractivity contribution is 7.99. The van der Waals surface area contributed by atoms with Crippen molar-refractivity contribution in [3.05, 3.63) is 112 Å². The molecule has 4 aromatic rings. The zero-order valence-electron chi connectivity index (χ0n) is 17.2. The van der Waals surface area contributed by atoms with E-state index in [9.17, 15) is 8.42 Å². The Morgan fingerprint density at radius 2 is 1.64 bits per heavy atom. The molecule has 4 rings (SSSR count). The Balaban J connectivity index is 1.57. The van der Waals surface area contributed by atoms with Gasteiger partial charge < -0.3 is 4.57 Å². The summed E-state index contributed by atoms with van der Waals surface area (Å²) in [6.45, 7) is 0.655. The van der Waals surface area contributed by atoms with E-state index in [0.717, 1.165) is 10.5 Å². The van der Waals surface area contributed by atoms with Crippen LogP contribution in [-0.4, -0.2) is 18.0 Å². The average Bonchev–Trinajstić information content (AvgIpc) is 3.31. The molecule has 1 aromatic heterocycles. The van der Waals surface area contributed by atoms with Gasteiger partial charge in [-0.05, 0) is 53.6 Å². The second-order valence-corrected chi connectivity index (χ2v) is 11.9. The Bertz CT molecular complexity index is 1330. The first-order valence-corrected chi connectivity index (χ1v) is 13.6. The lowest BCUT2D eigenvalue weighted by Gasteiger charge is -2.18. The van der Waals surface area contributed by atoms with E-state index in [1.54, 1.807) is 66.8 Å². The van der Waals surface area contributed by atoms with Gasteiger partial charge in [-0.2, -0.15) is 0 Å². The van der Waals surface area contributed by atoms with Crippen molar-refractivity contribution in [3.63, 3.8) is 0 Å². The first-order valence-electron chi connectivity index (χ1n) is 9.95. The van der Waals surface area contributed by atoms with Gasteiger partial charge >= 0.3 is 0 Å². The van der Waals surface area contributed by atoms with E-state index in [2.05, 4.69) is 4.98 Å². The summed E-state index contributed by atoms with van der Waals surface area (Å²) < 4.78 is 27.8. The lowest BCUT2D eigenvalue weighted by Crippen LogP contribution is -2.07. The van der Waals surface area contributed by atoms with Crippen molar-refractivity contribution in [2.45, 2.75) is 27.3 Å². The van der Waals surface area contributed by atoms with Crippen molar-refractivity contribution in [2.24, 2.45) is 0 Å². The van der Waals surface area contributed by atoms with Crippen LogP contribution in [0.25, 0.3) is 0 Å². The molecule has 170 valence electrons. The number of halogens is 3. The highest BCUT2D eigenvalue weighted by Gasteiger charge is 2.19. The van der Waals surface area contributed by atoms with E-state index in [-0.39, 0.29) is 15.9 Å². The summed E-state index contributed by atoms with van der Waals surface area (Å²) in [4.78, 5) is 5.37. The zero-order valence-corrected chi connectivity index (χ0v) is 21.1. The van der Waals surface area contributed by atoms with Crippen molar-refractivity contribution < 1.29 is 8.42 Å². The Kier molecular flexibility index (Phi) is 7.72. The molecule has 1 heterocycles. The molecule has 3 aromatic carbocycles. The lowest BCUT2D eigenvalue weighted by atomic mass is 10.1. The molecule has 0 N–H and O–H groups in total. The summed E-state index contributed by atoms with van der Waals surface area (Å²) in [7, 11) is -3.49. The molecule has 1 atom stereocenters. The monoisotopic (exact) mass is 536 g/mol. The Morgan fingerprint density at radius 1 is 0.909 bits per heavy atom. The van der Waals surface area contributed by atoms with Gasteiger partial charge in [0.15, 0.2) is 9.84 Å². The summed E-state index contributed by atoms with van der Waals surface area (Å²) in [6, 6.07) is 19.4. The van der Waals surface area contributed by atoms with Gasteiger partial charge in [-0.1, -0.05) is 59.1 Å². The fourth-order valence-corrected chi connectivity index (χ4v) is 6.32. The maximum atomic E-state index is 12.9. The second-order valence-electron chi connectivity index (χ2n) is 7.40. The standard InChI is InChI=1S/C24H19Cl3N2O2S2/c25-19-5-1-17(2-6-19)15-33(30,31)21-8-3-18(4-9-21)24(14-29-12-11-28-16-29)32-20-7-10-22(26)23(27)13-20/h1-13,16,24H,14-15H2. The number of sulfone groups is 1. The van der Waals surface area contributed by atoms with Crippen molar-refractivity contribution in [1.29, 1.82) is 0 Å². The normalized spacial score (nSPS) is 12.6. The molecule has 9 heteroatoms. The van der Waals surface area contributed by atoms with Crippen LogP contribution in [0, 0.1) is 0 Å². The average molecular weight is 538 g/mol. The highest BCUT2D eigenvalue weighted by Crippen LogP contribution is 2.39.